The van der Waals surface area contributed by atoms with Gasteiger partial charge in [-0.3, -0.25) is 4.79 Å². The number of nitrogens with two attached hydrogens (primary N) is 2. The van der Waals surface area contributed by atoms with Crippen molar-refractivity contribution in [2.45, 2.75) is 57.6 Å². The number of carbonyl (C=O) groups excluding carboxylic acids is 1. The Morgan fingerprint density at radius 1 is 1.24 bits per heavy atom. The molecule has 1 rings (SSSR count). The highest BCUT2D eigenvalue weighted by Gasteiger charge is 2.34. The van der Waals surface area contributed by atoms with Crippen molar-refractivity contribution in [2.24, 2.45) is 11.5 Å². The molecule has 2 unspecified atom stereocenters. The van der Waals surface area contributed by atoms with Crippen LogP contribution >= 0.6 is 0 Å². The lowest BCUT2D eigenvalue weighted by Crippen LogP contribution is -2.53. The van der Waals surface area contributed by atoms with Crippen LogP contribution in [0.4, 0.5) is 0 Å². The van der Waals surface area contributed by atoms with Crippen LogP contribution < -0.4 is 11.5 Å². The molecule has 0 aromatic heterocycles. The SMILES string of the molecule is CCCCCCC(C)OCC(N)(C(N)=O)c1ccccc1. The maximum absolute atomic E-state index is 11.8. The summed E-state index contributed by atoms with van der Waals surface area (Å²) in [6, 6.07) is 9.17. The fourth-order valence-corrected chi connectivity index (χ4v) is 2.25. The second kappa shape index (κ2) is 8.80. The maximum Gasteiger partial charge on any atom is 0.244 e. The van der Waals surface area contributed by atoms with Gasteiger partial charge in [0.15, 0.2) is 0 Å². The Bertz CT molecular complexity index is 422. The molecule has 0 spiro atoms. The van der Waals surface area contributed by atoms with Gasteiger partial charge in [-0.25, -0.2) is 0 Å². The van der Waals surface area contributed by atoms with Gasteiger partial charge in [-0.2, -0.15) is 0 Å². The Labute approximate surface area is 127 Å². The van der Waals surface area contributed by atoms with Gasteiger partial charge in [-0.1, -0.05) is 62.9 Å². The van der Waals surface area contributed by atoms with Crippen molar-refractivity contribution in [1.29, 1.82) is 0 Å². The first-order valence-electron chi connectivity index (χ1n) is 7.76. The molecular weight excluding hydrogens is 264 g/mol. The topological polar surface area (TPSA) is 78.3 Å². The monoisotopic (exact) mass is 292 g/mol. The number of unbranched alkanes of at least 4 members (excludes halogenated alkanes) is 3. The van der Waals surface area contributed by atoms with E-state index in [1.165, 1.54) is 19.3 Å². The molecule has 1 amide bonds. The number of primary amides is 1. The van der Waals surface area contributed by atoms with Crippen LogP contribution in [0.2, 0.25) is 0 Å². The molecule has 4 nitrogen and oxygen atoms in total. The third-order valence-corrected chi connectivity index (χ3v) is 3.79. The summed E-state index contributed by atoms with van der Waals surface area (Å²) in [6.07, 6.45) is 5.87. The third kappa shape index (κ3) is 5.48. The number of hydrogen-bond donors (Lipinski definition) is 2. The predicted octanol–water partition coefficient (Wildman–Crippen LogP) is 2.70. The normalized spacial score (nSPS) is 15.4. The number of amides is 1. The molecule has 21 heavy (non-hydrogen) atoms. The van der Waals surface area contributed by atoms with Gasteiger partial charge in [0.05, 0.1) is 12.7 Å². The molecule has 0 fully saturated rings. The van der Waals surface area contributed by atoms with E-state index in [4.69, 9.17) is 16.2 Å². The summed E-state index contributed by atoms with van der Waals surface area (Å²) in [5, 5.41) is 0. The molecule has 1 aromatic rings. The van der Waals surface area contributed by atoms with Gasteiger partial charge in [0.25, 0.3) is 0 Å². The highest BCUT2D eigenvalue weighted by atomic mass is 16.5. The fraction of sp³-hybridized carbons (Fsp3) is 0.588. The highest BCUT2D eigenvalue weighted by molar-refractivity contribution is 5.86. The number of rotatable bonds is 10. The molecule has 0 aliphatic heterocycles. The summed E-state index contributed by atoms with van der Waals surface area (Å²) >= 11 is 0. The Hall–Kier alpha value is -1.39. The zero-order chi connectivity index (χ0) is 15.7. The van der Waals surface area contributed by atoms with Crippen molar-refractivity contribution in [1.82, 2.24) is 0 Å². The molecule has 4 N–H and O–H groups in total. The van der Waals surface area contributed by atoms with Gasteiger partial charge in [0, 0.05) is 0 Å². The van der Waals surface area contributed by atoms with Crippen LogP contribution in [0, 0.1) is 0 Å². The van der Waals surface area contributed by atoms with E-state index < -0.39 is 11.4 Å². The zero-order valence-corrected chi connectivity index (χ0v) is 13.2. The number of carbonyl (C=O) groups is 1. The molecule has 0 bridgehead atoms. The van der Waals surface area contributed by atoms with Gasteiger partial charge < -0.3 is 16.2 Å². The highest BCUT2D eigenvalue weighted by Crippen LogP contribution is 2.20. The van der Waals surface area contributed by atoms with Crippen molar-refractivity contribution < 1.29 is 9.53 Å². The van der Waals surface area contributed by atoms with Crippen LogP contribution in [0.15, 0.2) is 30.3 Å². The lowest BCUT2D eigenvalue weighted by molar-refractivity contribution is -0.126. The summed E-state index contributed by atoms with van der Waals surface area (Å²) in [7, 11) is 0. The van der Waals surface area contributed by atoms with E-state index in [1.807, 2.05) is 25.1 Å². The van der Waals surface area contributed by atoms with Crippen molar-refractivity contribution in [3.8, 4) is 0 Å². The number of hydrogen-bond acceptors (Lipinski definition) is 3. The summed E-state index contributed by atoms with van der Waals surface area (Å²) in [5.41, 5.74) is 11.1. The molecule has 0 radical (unpaired) electrons. The number of benzene rings is 1. The van der Waals surface area contributed by atoms with Crippen molar-refractivity contribution in [2.75, 3.05) is 6.61 Å². The van der Waals surface area contributed by atoms with E-state index in [2.05, 4.69) is 6.92 Å². The Morgan fingerprint density at radius 2 is 1.90 bits per heavy atom. The lowest BCUT2D eigenvalue weighted by atomic mass is 9.91. The minimum Gasteiger partial charge on any atom is -0.376 e. The Morgan fingerprint density at radius 3 is 2.48 bits per heavy atom. The average molecular weight is 292 g/mol. The standard InChI is InChI=1S/C17H28N2O2/c1-3-4-5-7-10-14(2)21-13-17(19,16(18)20)15-11-8-6-9-12-15/h6,8-9,11-12,14H,3-5,7,10,13,19H2,1-2H3,(H2,18,20). The quantitative estimate of drug-likeness (QED) is 0.651. The second-order valence-corrected chi connectivity index (χ2v) is 5.67. The summed E-state index contributed by atoms with van der Waals surface area (Å²) < 4.78 is 5.78. The molecule has 4 heteroatoms. The molecular formula is C17H28N2O2. The van der Waals surface area contributed by atoms with Crippen molar-refractivity contribution >= 4 is 5.91 Å². The van der Waals surface area contributed by atoms with Crippen molar-refractivity contribution in [3.05, 3.63) is 35.9 Å². The van der Waals surface area contributed by atoms with Crippen LogP contribution in [0.1, 0.15) is 51.5 Å². The first-order chi connectivity index (χ1) is 10.0. The molecule has 0 saturated heterocycles. The number of ether oxygens (including phenoxy) is 1. The summed E-state index contributed by atoms with van der Waals surface area (Å²) in [5.74, 6) is -0.563. The van der Waals surface area contributed by atoms with Gasteiger partial charge in [0.1, 0.15) is 5.54 Å². The first kappa shape index (κ1) is 17.7. The van der Waals surface area contributed by atoms with Gasteiger partial charge in [0.2, 0.25) is 5.91 Å². The predicted molar refractivity (Wildman–Crippen MR) is 85.7 cm³/mol. The Kier molecular flexibility index (Phi) is 7.40. The van der Waals surface area contributed by atoms with E-state index in [9.17, 15) is 4.79 Å². The van der Waals surface area contributed by atoms with Crippen LogP contribution in [0.3, 0.4) is 0 Å². The average Bonchev–Trinajstić information content (AvgIpc) is 2.50. The van der Waals surface area contributed by atoms with E-state index >= 15 is 0 Å². The molecule has 1 aromatic carbocycles. The van der Waals surface area contributed by atoms with Crippen LogP contribution in [-0.4, -0.2) is 18.6 Å². The fourth-order valence-electron chi connectivity index (χ4n) is 2.25. The van der Waals surface area contributed by atoms with Gasteiger partial charge in [-0.15, -0.1) is 0 Å². The van der Waals surface area contributed by atoms with Gasteiger partial charge >= 0.3 is 0 Å². The molecule has 0 aliphatic rings. The van der Waals surface area contributed by atoms with Crippen molar-refractivity contribution in [3.63, 3.8) is 0 Å². The smallest absolute Gasteiger partial charge is 0.244 e. The Balaban J connectivity index is 2.54. The first-order valence-corrected chi connectivity index (χ1v) is 7.76. The van der Waals surface area contributed by atoms with E-state index in [1.54, 1.807) is 12.1 Å². The van der Waals surface area contributed by atoms with E-state index in [0.717, 1.165) is 12.8 Å². The van der Waals surface area contributed by atoms with Crippen LogP contribution in [0.25, 0.3) is 0 Å². The van der Waals surface area contributed by atoms with Crippen LogP contribution in [0.5, 0.6) is 0 Å². The van der Waals surface area contributed by atoms with E-state index in [0.29, 0.717) is 5.56 Å². The molecule has 0 aliphatic carbocycles. The lowest BCUT2D eigenvalue weighted by Gasteiger charge is -2.28. The largest absolute Gasteiger partial charge is 0.376 e. The zero-order valence-electron chi connectivity index (χ0n) is 13.2. The molecule has 0 heterocycles. The molecule has 0 saturated carbocycles. The van der Waals surface area contributed by atoms with Crippen LogP contribution in [-0.2, 0) is 15.1 Å². The minimum atomic E-state index is -1.26. The third-order valence-electron chi connectivity index (χ3n) is 3.79. The van der Waals surface area contributed by atoms with E-state index in [-0.39, 0.29) is 12.7 Å². The second-order valence-electron chi connectivity index (χ2n) is 5.67. The minimum absolute atomic E-state index is 0.0767. The molecule has 118 valence electrons. The molecule has 2 atom stereocenters. The maximum atomic E-state index is 11.8. The summed E-state index contributed by atoms with van der Waals surface area (Å²) in [4.78, 5) is 11.8. The van der Waals surface area contributed by atoms with Gasteiger partial charge in [-0.05, 0) is 18.9 Å². The summed E-state index contributed by atoms with van der Waals surface area (Å²) in [6.45, 7) is 4.31.